The summed E-state index contributed by atoms with van der Waals surface area (Å²) in [6.45, 7) is 1.80. The van der Waals surface area contributed by atoms with Gasteiger partial charge >= 0.3 is 0 Å². The largest absolute Gasteiger partial charge is 0.506 e. The number of ether oxygens (including phenoxy) is 1. The van der Waals surface area contributed by atoms with Gasteiger partial charge in [0, 0.05) is 11.9 Å². The Bertz CT molecular complexity index is 937. The molecule has 0 atom stereocenters. The first-order valence-corrected chi connectivity index (χ1v) is 7.38. The maximum atomic E-state index is 12.6. The van der Waals surface area contributed by atoms with Crippen LogP contribution in [0.3, 0.4) is 0 Å². The zero-order chi connectivity index (χ0) is 17.1. The molecule has 0 radical (unpaired) electrons. The van der Waals surface area contributed by atoms with Crippen LogP contribution in [0, 0.1) is 6.92 Å². The first-order valence-electron chi connectivity index (χ1n) is 7.38. The van der Waals surface area contributed by atoms with Gasteiger partial charge < -0.3 is 9.84 Å². The molecule has 3 aromatic rings. The summed E-state index contributed by atoms with van der Waals surface area (Å²) in [7, 11) is 1.59. The van der Waals surface area contributed by atoms with Crippen molar-refractivity contribution in [2.24, 2.45) is 4.99 Å². The fourth-order valence-corrected chi connectivity index (χ4v) is 2.33. The number of aryl methyl sites for hydroxylation is 1. The number of H-pyrrole nitrogens is 1. The molecule has 0 spiro atoms. The summed E-state index contributed by atoms with van der Waals surface area (Å²) >= 11 is 0. The lowest BCUT2D eigenvalue weighted by molar-refractivity contribution is 0.414. The van der Waals surface area contributed by atoms with E-state index in [1.807, 2.05) is 0 Å². The van der Waals surface area contributed by atoms with Crippen molar-refractivity contribution in [2.75, 3.05) is 7.11 Å². The predicted molar refractivity (Wildman–Crippen MR) is 93.0 cm³/mol. The smallest absolute Gasteiger partial charge is 0.280 e. The molecule has 0 amide bonds. The second kappa shape index (κ2) is 6.45. The summed E-state index contributed by atoms with van der Waals surface area (Å²) in [6, 6.07) is 13.9. The summed E-state index contributed by atoms with van der Waals surface area (Å²) in [5.41, 5.74) is 2.03. The van der Waals surface area contributed by atoms with Crippen LogP contribution >= 0.6 is 0 Å². The van der Waals surface area contributed by atoms with Crippen LogP contribution in [0.15, 0.2) is 58.3 Å². The number of nitrogens with zero attached hydrogens (tertiary/aromatic N) is 2. The maximum absolute atomic E-state index is 12.6. The average Bonchev–Trinajstić information content (AvgIpc) is 2.89. The predicted octanol–water partition coefficient (Wildman–Crippen LogP) is 2.94. The number of rotatable bonds is 4. The van der Waals surface area contributed by atoms with Crippen molar-refractivity contribution in [3.05, 3.63) is 70.1 Å². The van der Waals surface area contributed by atoms with E-state index in [9.17, 15) is 9.90 Å². The van der Waals surface area contributed by atoms with Gasteiger partial charge in [-0.2, -0.15) is 0 Å². The van der Waals surface area contributed by atoms with Crippen LogP contribution in [0.5, 0.6) is 11.5 Å². The Labute approximate surface area is 138 Å². The van der Waals surface area contributed by atoms with Crippen LogP contribution in [0.1, 0.15) is 11.3 Å². The molecule has 2 aromatic carbocycles. The summed E-state index contributed by atoms with van der Waals surface area (Å²) in [6.07, 6.45) is 1.46. The number of aliphatic imine (C=N–C) groups is 1. The van der Waals surface area contributed by atoms with Crippen LogP contribution in [0.2, 0.25) is 0 Å². The van der Waals surface area contributed by atoms with Crippen molar-refractivity contribution >= 4 is 11.9 Å². The summed E-state index contributed by atoms with van der Waals surface area (Å²) in [4.78, 5) is 16.8. The molecule has 1 heterocycles. The Balaban J connectivity index is 1.97. The van der Waals surface area contributed by atoms with E-state index in [2.05, 4.69) is 10.1 Å². The third-order valence-corrected chi connectivity index (χ3v) is 3.66. The van der Waals surface area contributed by atoms with E-state index in [1.165, 1.54) is 10.9 Å². The third-order valence-electron chi connectivity index (χ3n) is 3.66. The molecule has 0 saturated heterocycles. The molecule has 0 saturated carbocycles. The molecule has 0 bridgehead atoms. The topological polar surface area (TPSA) is 79.6 Å². The summed E-state index contributed by atoms with van der Waals surface area (Å²) in [5, 5.41) is 12.8. The molecule has 6 nitrogen and oxygen atoms in total. The Hall–Kier alpha value is -3.28. The highest BCUT2D eigenvalue weighted by Gasteiger charge is 2.11. The van der Waals surface area contributed by atoms with E-state index < -0.39 is 0 Å². The number of methoxy groups -OCH3 is 1. The van der Waals surface area contributed by atoms with Crippen LogP contribution in [-0.4, -0.2) is 28.2 Å². The van der Waals surface area contributed by atoms with Gasteiger partial charge in [0.25, 0.3) is 5.56 Å². The van der Waals surface area contributed by atoms with Gasteiger partial charge in [0.1, 0.15) is 17.2 Å². The zero-order valence-corrected chi connectivity index (χ0v) is 13.4. The van der Waals surface area contributed by atoms with Gasteiger partial charge in [0.2, 0.25) is 0 Å². The summed E-state index contributed by atoms with van der Waals surface area (Å²) < 4.78 is 6.57. The third kappa shape index (κ3) is 2.94. The molecular weight excluding hydrogens is 306 g/mol. The minimum Gasteiger partial charge on any atom is -0.506 e. The lowest BCUT2D eigenvalue weighted by Gasteiger charge is -2.03. The number of benzene rings is 2. The second-order valence-corrected chi connectivity index (χ2v) is 5.24. The fourth-order valence-electron chi connectivity index (χ4n) is 2.33. The van der Waals surface area contributed by atoms with Gasteiger partial charge in [0.05, 0.1) is 18.4 Å². The lowest BCUT2D eigenvalue weighted by Crippen LogP contribution is -2.17. The highest BCUT2D eigenvalue weighted by Crippen LogP contribution is 2.24. The average molecular weight is 323 g/mol. The Morgan fingerprint density at radius 2 is 1.88 bits per heavy atom. The number of aromatic nitrogens is 2. The molecule has 0 fully saturated rings. The maximum Gasteiger partial charge on any atom is 0.280 e. The van der Waals surface area contributed by atoms with Crippen molar-refractivity contribution in [1.29, 1.82) is 0 Å². The van der Waals surface area contributed by atoms with E-state index in [0.29, 0.717) is 22.6 Å². The highest BCUT2D eigenvalue weighted by molar-refractivity contribution is 5.83. The number of hydrogen-bond acceptors (Lipinski definition) is 4. The minimum absolute atomic E-state index is 0.0671. The van der Waals surface area contributed by atoms with E-state index in [-0.39, 0.29) is 11.3 Å². The molecule has 0 unspecified atom stereocenters. The van der Waals surface area contributed by atoms with Crippen molar-refractivity contribution < 1.29 is 9.84 Å². The number of phenols is 1. The highest BCUT2D eigenvalue weighted by atomic mass is 16.5. The molecule has 3 rings (SSSR count). The van der Waals surface area contributed by atoms with Crippen LogP contribution in [0.25, 0.3) is 5.69 Å². The van der Waals surface area contributed by atoms with E-state index in [0.717, 1.165) is 5.75 Å². The minimum atomic E-state index is -0.211. The number of aromatic hydroxyl groups is 1. The Kier molecular flexibility index (Phi) is 4.20. The summed E-state index contributed by atoms with van der Waals surface area (Å²) in [5.74, 6) is 0.786. The van der Waals surface area contributed by atoms with E-state index in [4.69, 9.17) is 4.74 Å². The number of hydrogen-bond donors (Lipinski definition) is 2. The normalized spacial score (nSPS) is 11.1. The standard InChI is InChI=1S/C18H17N3O3/c1-12-15(11-19-16-5-3-4-6-17(16)22)18(23)21(20-12)13-7-9-14(24-2)10-8-13/h3-11,20,22H,1-2H3. The van der Waals surface area contributed by atoms with E-state index >= 15 is 0 Å². The van der Waals surface area contributed by atoms with Crippen molar-refractivity contribution in [2.45, 2.75) is 6.92 Å². The van der Waals surface area contributed by atoms with Crippen LogP contribution in [-0.2, 0) is 0 Å². The number of aromatic amines is 1. The monoisotopic (exact) mass is 323 g/mol. The van der Waals surface area contributed by atoms with Gasteiger partial charge in [-0.1, -0.05) is 12.1 Å². The number of para-hydroxylation sites is 2. The molecule has 2 N–H and O–H groups in total. The zero-order valence-electron chi connectivity index (χ0n) is 13.4. The van der Waals surface area contributed by atoms with E-state index in [1.54, 1.807) is 62.6 Å². The van der Waals surface area contributed by atoms with Crippen molar-refractivity contribution in [3.8, 4) is 17.2 Å². The Morgan fingerprint density at radius 1 is 1.17 bits per heavy atom. The molecule has 0 aliphatic heterocycles. The number of phenolic OH excluding ortho intramolecular Hbond substituents is 1. The first-order chi connectivity index (χ1) is 11.6. The molecule has 0 aliphatic carbocycles. The Morgan fingerprint density at radius 3 is 2.54 bits per heavy atom. The lowest BCUT2D eigenvalue weighted by atomic mass is 10.2. The van der Waals surface area contributed by atoms with Gasteiger partial charge in [-0.3, -0.25) is 14.9 Å². The van der Waals surface area contributed by atoms with Gasteiger partial charge in [-0.25, -0.2) is 4.68 Å². The SMILES string of the molecule is COc1ccc(-n2[nH]c(C)c(C=Nc3ccccc3O)c2=O)cc1. The first kappa shape index (κ1) is 15.6. The molecule has 1 aromatic heterocycles. The van der Waals surface area contributed by atoms with Crippen molar-refractivity contribution in [3.63, 3.8) is 0 Å². The number of nitrogens with one attached hydrogen (secondary N) is 1. The van der Waals surface area contributed by atoms with Gasteiger partial charge in [-0.15, -0.1) is 0 Å². The molecule has 0 aliphatic rings. The van der Waals surface area contributed by atoms with Crippen molar-refractivity contribution in [1.82, 2.24) is 9.78 Å². The van der Waals surface area contributed by atoms with Gasteiger partial charge in [-0.05, 0) is 43.3 Å². The van der Waals surface area contributed by atoms with Crippen LogP contribution in [0.4, 0.5) is 5.69 Å². The second-order valence-electron chi connectivity index (χ2n) is 5.24. The van der Waals surface area contributed by atoms with Gasteiger partial charge in [0.15, 0.2) is 0 Å². The quantitative estimate of drug-likeness (QED) is 0.725. The fraction of sp³-hybridized carbons (Fsp3) is 0.111. The molecule has 24 heavy (non-hydrogen) atoms. The molecule has 122 valence electrons. The molecule has 6 heteroatoms. The van der Waals surface area contributed by atoms with Crippen LogP contribution < -0.4 is 10.3 Å². The molecular formula is C18H17N3O3.